The molecule has 0 saturated carbocycles. The first kappa shape index (κ1) is 21.7. The Morgan fingerprint density at radius 1 is 1.33 bits per heavy atom. The van der Waals surface area contributed by atoms with Crippen molar-refractivity contribution in [1.82, 2.24) is 15.5 Å². The van der Waals surface area contributed by atoms with Crippen molar-refractivity contribution in [3.63, 3.8) is 0 Å². The first-order valence-corrected chi connectivity index (χ1v) is 9.95. The minimum absolute atomic E-state index is 0.0729. The zero-order chi connectivity index (χ0) is 19.6. The van der Waals surface area contributed by atoms with E-state index in [0.717, 1.165) is 44.6 Å². The number of halogens is 1. The van der Waals surface area contributed by atoms with Crippen LogP contribution < -0.4 is 10.6 Å². The molecule has 1 heterocycles. The van der Waals surface area contributed by atoms with Gasteiger partial charge in [0, 0.05) is 38.2 Å². The maximum absolute atomic E-state index is 12.3. The molecule has 0 unspecified atom stereocenters. The molecule has 1 saturated heterocycles. The molecule has 0 radical (unpaired) electrons. The van der Waals surface area contributed by atoms with Crippen LogP contribution in [-0.4, -0.2) is 55.6 Å². The number of carbonyl (C=O) groups is 2. The summed E-state index contributed by atoms with van der Waals surface area (Å²) in [5, 5.41) is 6.42. The van der Waals surface area contributed by atoms with Crippen LogP contribution in [0.3, 0.4) is 0 Å². The van der Waals surface area contributed by atoms with Crippen LogP contribution in [-0.2, 0) is 14.3 Å². The van der Waals surface area contributed by atoms with E-state index in [1.807, 2.05) is 12.1 Å². The third-order valence-corrected chi connectivity index (χ3v) is 4.80. The molecule has 150 valence electrons. The molecule has 1 aromatic rings. The van der Waals surface area contributed by atoms with Crippen molar-refractivity contribution in [3.8, 4) is 0 Å². The number of rotatable bonds is 8. The lowest BCUT2D eigenvalue weighted by molar-refractivity contribution is -0.122. The fourth-order valence-corrected chi connectivity index (χ4v) is 3.39. The zero-order valence-corrected chi connectivity index (χ0v) is 16.9. The summed E-state index contributed by atoms with van der Waals surface area (Å²) in [4.78, 5) is 26.2. The van der Waals surface area contributed by atoms with Crippen molar-refractivity contribution in [2.24, 2.45) is 0 Å². The second kappa shape index (κ2) is 11.3. The molecule has 1 aromatic carbocycles. The van der Waals surface area contributed by atoms with Crippen LogP contribution in [0.1, 0.15) is 44.7 Å². The largest absolute Gasteiger partial charge is 0.377 e. The summed E-state index contributed by atoms with van der Waals surface area (Å²) in [5.74, 6) is -0.239. The fourth-order valence-electron chi connectivity index (χ4n) is 3.26. The summed E-state index contributed by atoms with van der Waals surface area (Å²) < 4.78 is 5.65. The minimum atomic E-state index is -0.358. The second-order valence-electron chi connectivity index (χ2n) is 7.05. The number of benzene rings is 1. The van der Waals surface area contributed by atoms with Crippen molar-refractivity contribution in [3.05, 3.63) is 34.9 Å². The van der Waals surface area contributed by atoms with E-state index in [-0.39, 0.29) is 30.4 Å². The van der Waals surface area contributed by atoms with Gasteiger partial charge in [-0.1, -0.05) is 23.7 Å². The van der Waals surface area contributed by atoms with E-state index in [1.165, 1.54) is 6.92 Å². The fraction of sp³-hybridized carbons (Fsp3) is 0.600. The van der Waals surface area contributed by atoms with Crippen LogP contribution in [0.2, 0.25) is 5.02 Å². The monoisotopic (exact) mass is 395 g/mol. The van der Waals surface area contributed by atoms with E-state index in [2.05, 4.69) is 22.5 Å². The lowest BCUT2D eigenvalue weighted by atomic mass is 10.0. The van der Waals surface area contributed by atoms with Gasteiger partial charge in [-0.15, -0.1) is 0 Å². The first-order chi connectivity index (χ1) is 12.9. The topological polar surface area (TPSA) is 70.7 Å². The van der Waals surface area contributed by atoms with Crippen LogP contribution in [0.25, 0.3) is 0 Å². The van der Waals surface area contributed by atoms with Crippen molar-refractivity contribution in [1.29, 1.82) is 0 Å². The Bertz CT molecular complexity index is 609. The third-order valence-electron chi connectivity index (χ3n) is 4.55. The molecular weight excluding hydrogens is 366 g/mol. The molecule has 0 bridgehead atoms. The molecule has 2 amide bonds. The summed E-state index contributed by atoms with van der Waals surface area (Å²) in [6, 6.07) is 6.83. The minimum Gasteiger partial charge on any atom is -0.377 e. The van der Waals surface area contributed by atoms with Crippen LogP contribution in [0.15, 0.2) is 24.3 Å². The molecule has 0 aromatic heterocycles. The third kappa shape index (κ3) is 8.28. The molecule has 1 fully saturated rings. The van der Waals surface area contributed by atoms with E-state index in [4.69, 9.17) is 16.3 Å². The molecule has 1 aliphatic rings. The molecule has 1 aliphatic heterocycles. The van der Waals surface area contributed by atoms with Crippen LogP contribution >= 0.6 is 11.6 Å². The molecule has 27 heavy (non-hydrogen) atoms. The molecule has 6 nitrogen and oxygen atoms in total. The van der Waals surface area contributed by atoms with Crippen molar-refractivity contribution < 1.29 is 14.3 Å². The highest BCUT2D eigenvalue weighted by Crippen LogP contribution is 2.19. The van der Waals surface area contributed by atoms with Crippen LogP contribution in [0.5, 0.6) is 0 Å². The number of carbonyl (C=O) groups excluding carboxylic acids is 2. The Morgan fingerprint density at radius 2 is 2.07 bits per heavy atom. The zero-order valence-electron chi connectivity index (χ0n) is 16.2. The van der Waals surface area contributed by atoms with Gasteiger partial charge in [-0.3, -0.25) is 9.59 Å². The summed E-state index contributed by atoms with van der Waals surface area (Å²) in [6.45, 7) is 7.92. The van der Waals surface area contributed by atoms with Gasteiger partial charge in [0.05, 0.1) is 18.6 Å². The van der Waals surface area contributed by atoms with Crippen molar-refractivity contribution in [2.75, 3.05) is 32.8 Å². The molecule has 0 aliphatic carbocycles. The Balaban J connectivity index is 1.76. The highest BCUT2D eigenvalue weighted by molar-refractivity contribution is 6.30. The van der Waals surface area contributed by atoms with E-state index < -0.39 is 0 Å². The van der Waals surface area contributed by atoms with E-state index >= 15 is 0 Å². The van der Waals surface area contributed by atoms with E-state index in [0.29, 0.717) is 11.6 Å². The highest BCUT2D eigenvalue weighted by atomic mass is 35.5. The number of hydrogen-bond donors (Lipinski definition) is 2. The number of nitrogens with one attached hydrogen (secondary N) is 2. The smallest absolute Gasteiger partial charge is 0.222 e. The van der Waals surface area contributed by atoms with Gasteiger partial charge in [0.25, 0.3) is 0 Å². The number of ether oxygens (including phenoxy) is 1. The van der Waals surface area contributed by atoms with E-state index in [1.54, 1.807) is 12.1 Å². The van der Waals surface area contributed by atoms with Crippen LogP contribution in [0, 0.1) is 0 Å². The van der Waals surface area contributed by atoms with Crippen LogP contribution in [0.4, 0.5) is 0 Å². The van der Waals surface area contributed by atoms with E-state index in [9.17, 15) is 9.59 Å². The Kier molecular flexibility index (Phi) is 9.04. The number of hydrogen-bond acceptors (Lipinski definition) is 4. The summed E-state index contributed by atoms with van der Waals surface area (Å²) in [7, 11) is 0. The Labute approximate surface area is 166 Å². The maximum Gasteiger partial charge on any atom is 0.222 e. The van der Waals surface area contributed by atoms with Gasteiger partial charge in [-0.05, 0) is 44.0 Å². The molecule has 2 atom stereocenters. The summed E-state index contributed by atoms with van der Waals surface area (Å²) >= 11 is 5.92. The average molecular weight is 396 g/mol. The quantitative estimate of drug-likeness (QED) is 0.663. The molecule has 0 spiro atoms. The van der Waals surface area contributed by atoms with Gasteiger partial charge in [0.2, 0.25) is 11.8 Å². The molecule has 2 N–H and O–H groups in total. The predicted molar refractivity (Wildman–Crippen MR) is 107 cm³/mol. The molecule has 2 rings (SSSR count). The van der Waals surface area contributed by atoms with Crippen molar-refractivity contribution in [2.45, 2.75) is 45.3 Å². The Hall–Kier alpha value is -1.63. The highest BCUT2D eigenvalue weighted by Gasteiger charge is 2.18. The van der Waals surface area contributed by atoms with Gasteiger partial charge < -0.3 is 20.3 Å². The lowest BCUT2D eigenvalue weighted by Crippen LogP contribution is -2.35. The predicted octanol–water partition coefficient (Wildman–Crippen LogP) is 2.52. The SMILES string of the molecule is CC(=O)N[C@@H](CC(=O)NCCCN1CCCO[C@@H](C)C1)c1ccc(Cl)cc1. The maximum atomic E-state index is 12.3. The normalized spacial score (nSPS) is 19.1. The second-order valence-corrected chi connectivity index (χ2v) is 7.48. The molecule has 7 heteroatoms. The molecular formula is C20H30ClN3O3. The van der Waals surface area contributed by atoms with Gasteiger partial charge in [0.1, 0.15) is 0 Å². The summed E-state index contributed by atoms with van der Waals surface area (Å²) in [5.41, 5.74) is 0.864. The van der Waals surface area contributed by atoms with Gasteiger partial charge in [-0.2, -0.15) is 0 Å². The summed E-state index contributed by atoms with van der Waals surface area (Å²) in [6.07, 6.45) is 2.41. The number of nitrogens with zero attached hydrogens (tertiary/aromatic N) is 1. The lowest BCUT2D eigenvalue weighted by Gasteiger charge is -2.22. The Morgan fingerprint density at radius 3 is 2.78 bits per heavy atom. The average Bonchev–Trinajstić information content (AvgIpc) is 2.82. The standard InChI is InChI=1S/C20H30ClN3O3/c1-15-14-24(11-4-12-27-15)10-3-9-22-20(26)13-19(23-16(2)25)17-5-7-18(21)8-6-17/h5-8,15,19H,3-4,9-14H2,1-2H3,(H,22,26)(H,23,25)/t15-,19-/m0/s1. The van der Waals surface area contributed by atoms with Gasteiger partial charge in [0.15, 0.2) is 0 Å². The van der Waals surface area contributed by atoms with Crippen molar-refractivity contribution >= 4 is 23.4 Å². The number of amides is 2. The first-order valence-electron chi connectivity index (χ1n) is 9.57. The van der Waals surface area contributed by atoms with Gasteiger partial charge >= 0.3 is 0 Å². The van der Waals surface area contributed by atoms with Gasteiger partial charge in [-0.25, -0.2) is 0 Å².